The van der Waals surface area contributed by atoms with Crippen molar-refractivity contribution in [3.05, 3.63) is 34.9 Å². The molecular formula is C21H29ClN2O5. The van der Waals surface area contributed by atoms with Crippen LogP contribution in [0.5, 0.6) is 0 Å². The first kappa shape index (κ1) is 23.0. The first-order valence-electron chi connectivity index (χ1n) is 9.78. The molecule has 0 saturated carbocycles. The van der Waals surface area contributed by atoms with Gasteiger partial charge in [0.05, 0.1) is 6.42 Å². The van der Waals surface area contributed by atoms with Crippen molar-refractivity contribution in [2.45, 2.75) is 51.6 Å². The van der Waals surface area contributed by atoms with Gasteiger partial charge in [-0.05, 0) is 51.3 Å². The third-order valence-electron chi connectivity index (χ3n) is 4.80. The highest BCUT2D eigenvalue weighted by molar-refractivity contribution is 6.30. The molecule has 160 valence electrons. The molecule has 1 fully saturated rings. The molecular weight excluding hydrogens is 396 g/mol. The van der Waals surface area contributed by atoms with Crippen LogP contribution < -0.4 is 5.32 Å². The van der Waals surface area contributed by atoms with E-state index in [1.807, 2.05) is 20.8 Å². The number of ether oxygens (including phenoxy) is 1. The summed E-state index contributed by atoms with van der Waals surface area (Å²) in [5.41, 5.74) is 0.267. The molecule has 0 aromatic heterocycles. The van der Waals surface area contributed by atoms with Gasteiger partial charge in [-0.2, -0.15) is 0 Å². The Morgan fingerprint density at radius 1 is 1.21 bits per heavy atom. The summed E-state index contributed by atoms with van der Waals surface area (Å²) in [6.45, 7) is 6.61. The highest BCUT2D eigenvalue weighted by atomic mass is 35.5. The Morgan fingerprint density at radius 2 is 1.79 bits per heavy atom. The molecule has 1 atom stereocenters. The molecule has 2 N–H and O–H groups in total. The van der Waals surface area contributed by atoms with Crippen molar-refractivity contribution in [2.75, 3.05) is 19.6 Å². The van der Waals surface area contributed by atoms with Crippen LogP contribution in [0.1, 0.15) is 51.5 Å². The second kappa shape index (κ2) is 9.96. The van der Waals surface area contributed by atoms with E-state index in [0.717, 1.165) is 5.56 Å². The number of nitrogens with one attached hydrogen (secondary N) is 1. The van der Waals surface area contributed by atoms with Crippen LogP contribution in [0.2, 0.25) is 5.02 Å². The van der Waals surface area contributed by atoms with Gasteiger partial charge in [-0.15, -0.1) is 0 Å². The zero-order valence-electron chi connectivity index (χ0n) is 17.1. The summed E-state index contributed by atoms with van der Waals surface area (Å²) in [6.07, 6.45) is 0.658. The van der Waals surface area contributed by atoms with E-state index in [2.05, 4.69) is 5.32 Å². The largest absolute Gasteiger partial charge is 0.481 e. The summed E-state index contributed by atoms with van der Waals surface area (Å²) in [6, 6.07) is 6.97. The average molecular weight is 425 g/mol. The van der Waals surface area contributed by atoms with E-state index in [9.17, 15) is 19.5 Å². The van der Waals surface area contributed by atoms with Crippen molar-refractivity contribution in [3.8, 4) is 0 Å². The predicted octanol–water partition coefficient (Wildman–Crippen LogP) is 3.66. The lowest BCUT2D eigenvalue weighted by molar-refractivity contribution is -0.137. The summed E-state index contributed by atoms with van der Waals surface area (Å²) < 4.78 is 5.37. The number of rotatable bonds is 6. The van der Waals surface area contributed by atoms with Gasteiger partial charge in [0.2, 0.25) is 5.91 Å². The number of carboxylic acid groups (broad SMARTS) is 1. The van der Waals surface area contributed by atoms with Crippen molar-refractivity contribution in [2.24, 2.45) is 5.92 Å². The van der Waals surface area contributed by atoms with E-state index in [4.69, 9.17) is 16.3 Å². The Hall–Kier alpha value is -2.28. The molecule has 8 heteroatoms. The number of nitrogens with zero attached hydrogens (tertiary/aromatic N) is 1. The molecule has 0 aliphatic carbocycles. The number of carboxylic acids is 1. The SMILES string of the molecule is CC(C)(C)OC(=O)N1CCC(C(=O)NCC(CC(=O)O)c2ccc(Cl)cc2)CC1. The first-order valence-corrected chi connectivity index (χ1v) is 10.2. The Balaban J connectivity index is 1.87. The van der Waals surface area contributed by atoms with Gasteiger partial charge in [-0.25, -0.2) is 4.79 Å². The zero-order chi connectivity index (χ0) is 21.6. The lowest BCUT2D eigenvalue weighted by atomic mass is 9.93. The Bertz CT molecular complexity index is 722. The fraction of sp³-hybridized carbons (Fsp3) is 0.571. The number of carbonyl (C=O) groups is 3. The van der Waals surface area contributed by atoms with E-state index in [0.29, 0.717) is 31.0 Å². The summed E-state index contributed by atoms with van der Waals surface area (Å²) in [5.74, 6) is -1.58. The quantitative estimate of drug-likeness (QED) is 0.726. The van der Waals surface area contributed by atoms with Crippen molar-refractivity contribution in [1.82, 2.24) is 10.2 Å². The molecule has 1 unspecified atom stereocenters. The minimum atomic E-state index is -0.926. The fourth-order valence-electron chi connectivity index (χ4n) is 3.27. The van der Waals surface area contributed by atoms with Crippen molar-refractivity contribution >= 4 is 29.6 Å². The second-order valence-corrected chi connectivity index (χ2v) is 8.77. The lowest BCUT2D eigenvalue weighted by Gasteiger charge is -2.33. The molecule has 1 aromatic carbocycles. The van der Waals surface area contributed by atoms with E-state index >= 15 is 0 Å². The maximum atomic E-state index is 12.6. The van der Waals surface area contributed by atoms with Crippen LogP contribution in [0.15, 0.2) is 24.3 Å². The fourth-order valence-corrected chi connectivity index (χ4v) is 3.40. The molecule has 7 nitrogen and oxygen atoms in total. The number of likely N-dealkylation sites (tertiary alicyclic amines) is 1. The monoisotopic (exact) mass is 424 g/mol. The molecule has 0 radical (unpaired) electrons. The molecule has 2 rings (SSSR count). The number of piperidine rings is 1. The second-order valence-electron chi connectivity index (χ2n) is 8.33. The van der Waals surface area contributed by atoms with Crippen LogP contribution >= 0.6 is 11.6 Å². The molecule has 29 heavy (non-hydrogen) atoms. The molecule has 2 amide bonds. The number of aliphatic carboxylic acids is 1. The third-order valence-corrected chi connectivity index (χ3v) is 5.05. The van der Waals surface area contributed by atoms with Gasteiger partial charge >= 0.3 is 12.1 Å². The zero-order valence-corrected chi connectivity index (χ0v) is 17.9. The Kier molecular flexibility index (Phi) is 7.90. The van der Waals surface area contributed by atoms with Gasteiger partial charge in [0.1, 0.15) is 5.60 Å². The van der Waals surface area contributed by atoms with Crippen molar-refractivity contribution in [1.29, 1.82) is 0 Å². The Labute approximate surface area is 176 Å². The van der Waals surface area contributed by atoms with Crippen LogP contribution in [-0.4, -0.2) is 53.2 Å². The topological polar surface area (TPSA) is 95.9 Å². The minimum Gasteiger partial charge on any atom is -0.481 e. The number of amides is 2. The maximum Gasteiger partial charge on any atom is 0.410 e. The van der Waals surface area contributed by atoms with Crippen LogP contribution in [-0.2, 0) is 14.3 Å². The van der Waals surface area contributed by atoms with Gasteiger partial charge in [0.25, 0.3) is 0 Å². The van der Waals surface area contributed by atoms with Crippen LogP contribution in [0, 0.1) is 5.92 Å². The van der Waals surface area contributed by atoms with Crippen molar-refractivity contribution < 1.29 is 24.2 Å². The predicted molar refractivity (Wildman–Crippen MR) is 110 cm³/mol. The molecule has 1 heterocycles. The van der Waals surface area contributed by atoms with Crippen LogP contribution in [0.4, 0.5) is 4.79 Å². The molecule has 0 bridgehead atoms. The smallest absolute Gasteiger partial charge is 0.410 e. The van der Waals surface area contributed by atoms with Gasteiger partial charge < -0.3 is 20.1 Å². The van der Waals surface area contributed by atoms with Crippen molar-refractivity contribution in [3.63, 3.8) is 0 Å². The standard InChI is InChI=1S/C21H29ClN2O5/c1-21(2,3)29-20(28)24-10-8-15(9-11-24)19(27)23-13-16(12-18(25)26)14-4-6-17(22)7-5-14/h4-7,15-16H,8-13H2,1-3H3,(H,23,27)(H,25,26). The summed E-state index contributed by atoms with van der Waals surface area (Å²) in [7, 11) is 0. The van der Waals surface area contributed by atoms with E-state index in [1.165, 1.54) is 0 Å². The summed E-state index contributed by atoms with van der Waals surface area (Å²) in [5, 5.41) is 12.6. The number of benzene rings is 1. The molecule has 1 aliphatic heterocycles. The number of hydrogen-bond acceptors (Lipinski definition) is 4. The number of hydrogen-bond donors (Lipinski definition) is 2. The molecule has 1 saturated heterocycles. The molecule has 0 spiro atoms. The molecule has 1 aromatic rings. The first-order chi connectivity index (χ1) is 13.5. The number of carbonyl (C=O) groups excluding carboxylic acids is 2. The Morgan fingerprint density at radius 3 is 2.31 bits per heavy atom. The lowest BCUT2D eigenvalue weighted by Crippen LogP contribution is -2.45. The van der Waals surface area contributed by atoms with E-state index in [-0.39, 0.29) is 36.8 Å². The van der Waals surface area contributed by atoms with Gasteiger partial charge in [-0.3, -0.25) is 9.59 Å². The average Bonchev–Trinajstić information content (AvgIpc) is 2.64. The van der Waals surface area contributed by atoms with Gasteiger partial charge in [0, 0.05) is 36.5 Å². The van der Waals surface area contributed by atoms with E-state index < -0.39 is 11.6 Å². The van der Waals surface area contributed by atoms with Gasteiger partial charge in [-0.1, -0.05) is 23.7 Å². The minimum absolute atomic E-state index is 0.0843. The third kappa shape index (κ3) is 7.57. The van der Waals surface area contributed by atoms with Gasteiger partial charge in [0.15, 0.2) is 0 Å². The maximum absolute atomic E-state index is 12.6. The molecule has 1 aliphatic rings. The normalized spacial score (nSPS) is 16.2. The van der Waals surface area contributed by atoms with Crippen LogP contribution in [0.3, 0.4) is 0 Å². The number of halogens is 1. The summed E-state index contributed by atoms with van der Waals surface area (Å²) in [4.78, 5) is 37.5. The van der Waals surface area contributed by atoms with Crippen LogP contribution in [0.25, 0.3) is 0 Å². The van der Waals surface area contributed by atoms with E-state index in [1.54, 1.807) is 29.2 Å². The highest BCUT2D eigenvalue weighted by Gasteiger charge is 2.30. The highest BCUT2D eigenvalue weighted by Crippen LogP contribution is 2.23. The summed E-state index contributed by atoms with van der Waals surface area (Å²) >= 11 is 5.90.